The number of carbonyl (C=O) groups is 1. The Labute approximate surface area is 101 Å². The van der Waals surface area contributed by atoms with Crippen molar-refractivity contribution >= 4 is 29.1 Å². The van der Waals surface area contributed by atoms with Gasteiger partial charge in [0, 0.05) is 17.3 Å². The number of thiophene rings is 1. The summed E-state index contributed by atoms with van der Waals surface area (Å²) in [5.74, 6) is -0.780. The highest BCUT2D eigenvalue weighted by atomic mass is 32.2. The zero-order chi connectivity index (χ0) is 11.4. The molecule has 0 aliphatic rings. The van der Waals surface area contributed by atoms with Gasteiger partial charge in [-0.1, -0.05) is 17.8 Å². The lowest BCUT2D eigenvalue weighted by atomic mass is 10.5. The number of aliphatic carboxylic acids is 1. The lowest BCUT2D eigenvalue weighted by Gasteiger charge is -2.04. The van der Waals surface area contributed by atoms with Crippen LogP contribution in [0.4, 0.5) is 0 Å². The molecule has 0 aliphatic carbocycles. The molecule has 2 aromatic rings. The number of nitrogens with zero attached hydrogens (tertiary/aromatic N) is 2. The molecule has 0 spiro atoms. The van der Waals surface area contributed by atoms with E-state index in [1.165, 1.54) is 16.6 Å². The Morgan fingerprint density at radius 1 is 1.62 bits per heavy atom. The summed E-state index contributed by atoms with van der Waals surface area (Å²) < 4.78 is 1.96. The average molecular weight is 254 g/mol. The molecule has 0 unspecified atom stereocenters. The molecule has 4 nitrogen and oxygen atoms in total. The highest BCUT2D eigenvalue weighted by Crippen LogP contribution is 2.18. The minimum absolute atomic E-state index is 0.0431. The van der Waals surface area contributed by atoms with Gasteiger partial charge in [0.25, 0.3) is 0 Å². The zero-order valence-corrected chi connectivity index (χ0v) is 10.0. The van der Waals surface area contributed by atoms with Crippen LogP contribution in [0.15, 0.2) is 35.1 Å². The average Bonchev–Trinajstić information content (AvgIpc) is 2.87. The lowest BCUT2D eigenvalue weighted by Crippen LogP contribution is -2.02. The first-order valence-electron chi connectivity index (χ1n) is 4.64. The van der Waals surface area contributed by atoms with Gasteiger partial charge in [0.2, 0.25) is 0 Å². The number of thioether (sulfide) groups is 1. The summed E-state index contributed by atoms with van der Waals surface area (Å²) in [4.78, 5) is 15.8. The van der Waals surface area contributed by atoms with Crippen LogP contribution in [-0.2, 0) is 11.3 Å². The normalized spacial score (nSPS) is 10.5. The van der Waals surface area contributed by atoms with Gasteiger partial charge in [0.05, 0.1) is 12.3 Å². The Hall–Kier alpha value is -1.27. The summed E-state index contributed by atoms with van der Waals surface area (Å²) in [6.45, 7) is 0.750. The van der Waals surface area contributed by atoms with Gasteiger partial charge in [-0.25, -0.2) is 4.98 Å². The summed E-state index contributed by atoms with van der Waals surface area (Å²) in [6, 6.07) is 4.05. The van der Waals surface area contributed by atoms with Gasteiger partial charge in [0.1, 0.15) is 0 Å². The molecule has 0 saturated carbocycles. The number of hydrogen-bond donors (Lipinski definition) is 1. The molecule has 1 N–H and O–H groups in total. The Balaban J connectivity index is 2.04. The van der Waals surface area contributed by atoms with Crippen molar-refractivity contribution < 1.29 is 9.90 Å². The van der Waals surface area contributed by atoms with E-state index in [2.05, 4.69) is 11.1 Å². The van der Waals surface area contributed by atoms with Crippen molar-refractivity contribution in [2.75, 3.05) is 5.75 Å². The summed E-state index contributed by atoms with van der Waals surface area (Å²) >= 11 is 2.92. The highest BCUT2D eigenvalue weighted by molar-refractivity contribution is 7.99. The predicted molar refractivity (Wildman–Crippen MR) is 64.0 cm³/mol. The Kier molecular flexibility index (Phi) is 3.63. The van der Waals surface area contributed by atoms with Crippen molar-refractivity contribution in [1.29, 1.82) is 0 Å². The topological polar surface area (TPSA) is 55.1 Å². The van der Waals surface area contributed by atoms with Crippen LogP contribution >= 0.6 is 23.1 Å². The monoisotopic (exact) mass is 254 g/mol. The van der Waals surface area contributed by atoms with E-state index in [4.69, 9.17) is 5.11 Å². The maximum absolute atomic E-state index is 10.5. The number of aromatic nitrogens is 2. The van der Waals surface area contributed by atoms with Crippen LogP contribution in [0.3, 0.4) is 0 Å². The minimum atomic E-state index is -0.823. The van der Waals surface area contributed by atoms with Gasteiger partial charge in [0.15, 0.2) is 5.16 Å². The number of imidazole rings is 1. The van der Waals surface area contributed by atoms with E-state index in [1.807, 2.05) is 22.2 Å². The molecule has 2 heterocycles. The number of hydrogen-bond acceptors (Lipinski definition) is 4. The molecule has 0 radical (unpaired) electrons. The molecule has 0 aliphatic heterocycles. The summed E-state index contributed by atoms with van der Waals surface area (Å²) in [5, 5.41) is 11.4. The SMILES string of the molecule is O=C(O)CSc1nccn1Cc1cccs1. The van der Waals surface area contributed by atoms with Crippen LogP contribution in [0.1, 0.15) is 4.88 Å². The van der Waals surface area contributed by atoms with Gasteiger partial charge >= 0.3 is 5.97 Å². The molecular formula is C10H10N2O2S2. The van der Waals surface area contributed by atoms with E-state index in [1.54, 1.807) is 17.5 Å². The fraction of sp³-hybridized carbons (Fsp3) is 0.200. The van der Waals surface area contributed by atoms with Gasteiger partial charge in [-0.2, -0.15) is 0 Å². The first kappa shape index (κ1) is 11.2. The second-order valence-corrected chi connectivity index (χ2v) is 5.07. The molecule has 16 heavy (non-hydrogen) atoms. The van der Waals surface area contributed by atoms with Crippen LogP contribution in [0.5, 0.6) is 0 Å². The molecule has 0 amide bonds. The van der Waals surface area contributed by atoms with Crippen molar-refractivity contribution in [1.82, 2.24) is 9.55 Å². The molecule has 0 fully saturated rings. The fourth-order valence-electron chi connectivity index (χ4n) is 1.25. The number of rotatable bonds is 5. The maximum Gasteiger partial charge on any atom is 0.313 e. The van der Waals surface area contributed by atoms with Crippen molar-refractivity contribution in [3.05, 3.63) is 34.8 Å². The predicted octanol–water partition coefficient (Wildman–Crippen LogP) is 2.17. The summed E-state index contributed by atoms with van der Waals surface area (Å²) in [7, 11) is 0. The highest BCUT2D eigenvalue weighted by Gasteiger charge is 2.07. The zero-order valence-electron chi connectivity index (χ0n) is 8.37. The number of carboxylic acids is 1. The van der Waals surface area contributed by atoms with Crippen LogP contribution in [0.25, 0.3) is 0 Å². The van der Waals surface area contributed by atoms with E-state index in [9.17, 15) is 4.79 Å². The van der Waals surface area contributed by atoms with Gasteiger partial charge in [-0.15, -0.1) is 11.3 Å². The third kappa shape index (κ3) is 2.86. The quantitative estimate of drug-likeness (QED) is 0.831. The third-order valence-corrected chi connectivity index (χ3v) is 3.76. The van der Waals surface area contributed by atoms with Gasteiger partial charge in [-0.3, -0.25) is 4.79 Å². The van der Waals surface area contributed by atoms with E-state index in [0.717, 1.165) is 11.7 Å². The van der Waals surface area contributed by atoms with Crippen LogP contribution in [-0.4, -0.2) is 26.4 Å². The van der Waals surface area contributed by atoms with Gasteiger partial charge in [-0.05, 0) is 11.4 Å². The first-order valence-corrected chi connectivity index (χ1v) is 6.50. The largest absolute Gasteiger partial charge is 0.481 e. The molecular weight excluding hydrogens is 244 g/mol. The minimum Gasteiger partial charge on any atom is -0.481 e. The van der Waals surface area contributed by atoms with Crippen molar-refractivity contribution in [2.45, 2.75) is 11.7 Å². The molecule has 2 rings (SSSR count). The fourth-order valence-corrected chi connectivity index (χ4v) is 2.63. The Bertz CT molecular complexity index is 465. The molecule has 2 aromatic heterocycles. The summed E-state index contributed by atoms with van der Waals surface area (Å²) in [6.07, 6.45) is 3.56. The second-order valence-electron chi connectivity index (χ2n) is 3.10. The summed E-state index contributed by atoms with van der Waals surface area (Å²) in [5.41, 5.74) is 0. The van der Waals surface area contributed by atoms with Gasteiger partial charge < -0.3 is 9.67 Å². The lowest BCUT2D eigenvalue weighted by molar-refractivity contribution is -0.133. The standard InChI is InChI=1S/C10H10N2O2S2/c13-9(14)7-16-10-11-3-4-12(10)6-8-2-1-5-15-8/h1-5H,6-7H2,(H,13,14). The van der Waals surface area contributed by atoms with Crippen molar-refractivity contribution in [3.8, 4) is 0 Å². The third-order valence-electron chi connectivity index (χ3n) is 1.91. The maximum atomic E-state index is 10.5. The Morgan fingerprint density at radius 2 is 2.50 bits per heavy atom. The molecule has 0 atom stereocenters. The first-order chi connectivity index (χ1) is 7.75. The van der Waals surface area contributed by atoms with Crippen molar-refractivity contribution in [2.24, 2.45) is 0 Å². The van der Waals surface area contributed by atoms with E-state index in [-0.39, 0.29) is 5.75 Å². The smallest absolute Gasteiger partial charge is 0.313 e. The molecule has 6 heteroatoms. The van der Waals surface area contributed by atoms with Crippen LogP contribution in [0, 0.1) is 0 Å². The second kappa shape index (κ2) is 5.18. The van der Waals surface area contributed by atoms with Crippen molar-refractivity contribution in [3.63, 3.8) is 0 Å². The van der Waals surface area contributed by atoms with E-state index < -0.39 is 5.97 Å². The van der Waals surface area contributed by atoms with Crippen LogP contribution < -0.4 is 0 Å². The van der Waals surface area contributed by atoms with Crippen LogP contribution in [0.2, 0.25) is 0 Å². The van der Waals surface area contributed by atoms with E-state index in [0.29, 0.717) is 0 Å². The molecule has 84 valence electrons. The van der Waals surface area contributed by atoms with E-state index >= 15 is 0 Å². The Morgan fingerprint density at radius 3 is 3.19 bits per heavy atom. The molecule has 0 aromatic carbocycles. The molecule has 0 bridgehead atoms. The number of carboxylic acid groups (broad SMARTS) is 1. The molecule has 0 saturated heterocycles.